The maximum absolute atomic E-state index is 14.4. The van der Waals surface area contributed by atoms with E-state index in [0.29, 0.717) is 36.9 Å². The van der Waals surface area contributed by atoms with Crippen molar-refractivity contribution in [3.05, 3.63) is 82.9 Å². The molecule has 0 saturated carbocycles. The lowest BCUT2D eigenvalue weighted by Gasteiger charge is -2.26. The van der Waals surface area contributed by atoms with Crippen LogP contribution >= 0.6 is 0 Å². The number of H-pyrrole nitrogens is 1. The summed E-state index contributed by atoms with van der Waals surface area (Å²) < 4.78 is 0. The quantitative estimate of drug-likeness (QED) is 0.0629. The van der Waals surface area contributed by atoms with Gasteiger partial charge in [-0.15, -0.1) is 0 Å². The molecule has 5 rings (SSSR count). The van der Waals surface area contributed by atoms with E-state index in [2.05, 4.69) is 79.1 Å². The predicted octanol–water partition coefficient (Wildman–Crippen LogP) is -6.47. The number of benzene rings is 2. The molecule has 0 spiro atoms. The molecule has 3 heterocycles. The highest BCUT2D eigenvalue weighted by atomic mass is 16.3. The van der Waals surface area contributed by atoms with Gasteiger partial charge in [0.15, 0.2) is 0 Å². The first-order valence-electron chi connectivity index (χ1n) is 28.8. The molecule has 33 heteroatoms. The number of aliphatic hydroxyl groups excluding tert-OH is 1. The molecule has 14 amide bonds. The molecule has 1 aromatic heterocycles. The number of amides is 14. The molecule has 3 aromatic rings. The van der Waals surface area contributed by atoms with Crippen molar-refractivity contribution in [2.24, 2.45) is 11.5 Å². The number of unbranched alkanes of at least 4 members (excludes halogenated alkanes) is 2. The minimum Gasteiger partial charge on any atom is -0.508 e. The smallest absolute Gasteiger partial charge is 0.251 e. The van der Waals surface area contributed by atoms with E-state index in [1.165, 1.54) is 36.8 Å². The summed E-state index contributed by atoms with van der Waals surface area (Å²) in [7, 11) is 0. The van der Waals surface area contributed by atoms with Gasteiger partial charge < -0.3 is 95.8 Å². The van der Waals surface area contributed by atoms with Crippen LogP contribution in [0.2, 0.25) is 0 Å². The highest BCUT2D eigenvalue weighted by molar-refractivity contribution is 6.06. The lowest BCUT2D eigenvalue weighted by Crippen LogP contribution is -2.59. The Morgan fingerprint density at radius 3 is 1.84 bits per heavy atom. The van der Waals surface area contributed by atoms with E-state index in [1.54, 1.807) is 6.92 Å². The summed E-state index contributed by atoms with van der Waals surface area (Å²) in [5.41, 5.74) is 11.0. The molecule has 0 unspecified atom stereocenters. The Kier molecular flexibility index (Phi) is 27.8. The molecule has 20 N–H and O–H groups in total. The number of carbonyl (C=O) groups is 14. The van der Waals surface area contributed by atoms with E-state index in [4.69, 9.17) is 11.5 Å². The van der Waals surface area contributed by atoms with Crippen molar-refractivity contribution in [1.29, 1.82) is 0 Å². The molecular formula is C56H77N17O16. The summed E-state index contributed by atoms with van der Waals surface area (Å²) in [6, 6.07) is -1.80. The number of hydrogen-bond acceptors (Lipinski definition) is 18. The van der Waals surface area contributed by atoms with Crippen molar-refractivity contribution in [2.45, 2.75) is 120 Å². The van der Waals surface area contributed by atoms with Crippen molar-refractivity contribution in [2.75, 3.05) is 52.4 Å². The number of aromatic hydroxyl groups is 1. The van der Waals surface area contributed by atoms with E-state index < -0.39 is 164 Å². The molecule has 33 nitrogen and oxygen atoms in total. The number of aromatic nitrogens is 2. The van der Waals surface area contributed by atoms with Gasteiger partial charge in [-0.2, -0.15) is 0 Å². The highest BCUT2D eigenvalue weighted by Crippen LogP contribution is 2.16. The van der Waals surface area contributed by atoms with Crippen molar-refractivity contribution in [1.82, 2.24) is 79.1 Å². The standard InChI is InChI=1S/C56H77N17O16/c1-2-3-8-38-53(86)72-39(17-30-11-13-35(75)14-12-30)54(87)73-42(28-74)56(89)71-37-10-5-7-16-60-48(81)31-18-32(20-33(19-31)50(83)70-38)49(82)63-23-41(55(88)69-36(47(58)80)9-4-6-15-57)68-45(78)26-62-43(76)24-61-44(77)25-64-52(85)40(21-34-22-59-29-66-34)67-46(79)27-65-51(37)84/h11-14,18-20,22,29,36-42,74-75H,2-10,15-17,21,23-28,57H2,1H3,(H2,58,80)(H,59,66)(H,60,81)(H,61,77)(H,62,76)(H,63,82)(H,64,85)(H,65,84)(H,67,79)(H,68,78)(H,69,88)(H,70,83)(H,71,89)(H,72,86)(H,73,87)/t36-,37-,38-,39-,40+,41-,42+/m0/s1. The van der Waals surface area contributed by atoms with E-state index in [1.807, 2.05) is 0 Å². The third kappa shape index (κ3) is 23.3. The predicted molar refractivity (Wildman–Crippen MR) is 313 cm³/mol. The number of fused-ring (bicyclic) bond motifs is 8. The summed E-state index contributed by atoms with van der Waals surface area (Å²) in [6.07, 6.45) is 3.78. The average Bonchev–Trinajstić information content (AvgIpc) is 4.05. The van der Waals surface area contributed by atoms with E-state index in [9.17, 15) is 77.3 Å². The maximum atomic E-state index is 14.4. The largest absolute Gasteiger partial charge is 0.508 e. The summed E-state index contributed by atoms with van der Waals surface area (Å²) in [6.45, 7) is -2.92. The zero-order chi connectivity index (χ0) is 65.0. The first-order valence-corrected chi connectivity index (χ1v) is 28.8. The number of phenolic OH excluding ortho intramolecular Hbond substituents is 1. The second kappa shape index (κ2) is 35.5. The Bertz CT molecular complexity index is 3040. The average molecular weight is 1240 g/mol. The van der Waals surface area contributed by atoms with Gasteiger partial charge in [0.1, 0.15) is 48.0 Å². The maximum Gasteiger partial charge on any atom is 0.251 e. The highest BCUT2D eigenvalue weighted by Gasteiger charge is 2.34. The normalized spacial score (nSPS) is 21.8. The van der Waals surface area contributed by atoms with Crippen LogP contribution in [0, 0.1) is 0 Å². The molecule has 7 atom stereocenters. The second-order valence-corrected chi connectivity index (χ2v) is 20.9. The fraction of sp³-hybridized carbons (Fsp3) is 0.482. The summed E-state index contributed by atoms with van der Waals surface area (Å²) in [5, 5.41) is 52.3. The lowest BCUT2D eigenvalue weighted by atomic mass is 10.0. The Hall–Kier alpha value is -10.1. The van der Waals surface area contributed by atoms with Gasteiger partial charge in [-0.3, -0.25) is 67.1 Å². The third-order valence-electron chi connectivity index (χ3n) is 13.9. The zero-order valence-corrected chi connectivity index (χ0v) is 48.9. The van der Waals surface area contributed by atoms with E-state index >= 15 is 0 Å². The molecule has 0 fully saturated rings. The number of carbonyl (C=O) groups excluding carboxylic acids is 14. The molecule has 89 heavy (non-hydrogen) atoms. The van der Waals surface area contributed by atoms with Crippen LogP contribution in [0.15, 0.2) is 55.0 Å². The minimum absolute atomic E-state index is 0.0257. The molecule has 2 aromatic carbocycles. The summed E-state index contributed by atoms with van der Waals surface area (Å²) in [5.74, 6) is -13.6. The van der Waals surface area contributed by atoms with Crippen LogP contribution in [0.4, 0.5) is 0 Å². The zero-order valence-electron chi connectivity index (χ0n) is 48.9. The van der Waals surface area contributed by atoms with Gasteiger partial charge in [0.05, 0.1) is 39.1 Å². The van der Waals surface area contributed by atoms with Gasteiger partial charge in [0.25, 0.3) is 17.7 Å². The second-order valence-electron chi connectivity index (χ2n) is 20.9. The van der Waals surface area contributed by atoms with Gasteiger partial charge in [-0.05, 0) is 87.4 Å². The minimum atomic E-state index is -1.77. The van der Waals surface area contributed by atoms with Crippen LogP contribution in [-0.2, 0) is 65.6 Å². The van der Waals surface area contributed by atoms with Crippen LogP contribution in [0.3, 0.4) is 0 Å². The number of rotatable bonds is 15. The molecule has 0 radical (unpaired) electrons. The number of hydrogen-bond donors (Lipinski definition) is 18. The Morgan fingerprint density at radius 2 is 1.20 bits per heavy atom. The topological polar surface area (TPSA) is 517 Å². The Labute approximate surface area is 510 Å². The van der Waals surface area contributed by atoms with Gasteiger partial charge in [0.2, 0.25) is 65.0 Å². The van der Waals surface area contributed by atoms with Crippen molar-refractivity contribution < 1.29 is 77.3 Å². The number of nitrogens with two attached hydrogens (primary N) is 2. The molecule has 0 aliphatic carbocycles. The SMILES string of the molecule is CCCC[C@@H]1NC(=O)c2cc3cc(c2)C(=O)NC[C@@H](C(=O)N[C@@H](CCCCN)C(N)=O)NC(=O)CNC(=O)CNC(=O)CNC(=O)[C@@H](Cc2cnc[nH]2)NC(=O)CNC(=O)[C@H](CCCCNC3=O)NC(=O)[C@@H](CO)NC(=O)[C@H](Cc2ccc(O)cc2)NC1=O. The van der Waals surface area contributed by atoms with Crippen molar-refractivity contribution in [3.63, 3.8) is 0 Å². The van der Waals surface area contributed by atoms with Crippen LogP contribution < -0.4 is 80.6 Å². The van der Waals surface area contributed by atoms with E-state index in [-0.39, 0.29) is 80.5 Å². The monoisotopic (exact) mass is 1240 g/mol. The number of phenols is 1. The number of aromatic amines is 1. The Balaban J connectivity index is 1.58. The van der Waals surface area contributed by atoms with Crippen LogP contribution in [0.1, 0.15) is 107 Å². The first-order chi connectivity index (χ1) is 42.6. The number of nitrogens with one attached hydrogen (secondary N) is 14. The summed E-state index contributed by atoms with van der Waals surface area (Å²) >= 11 is 0. The van der Waals surface area contributed by atoms with E-state index in [0.717, 1.165) is 18.2 Å². The van der Waals surface area contributed by atoms with Gasteiger partial charge in [-0.1, -0.05) is 31.9 Å². The first kappa shape index (κ1) is 69.7. The van der Waals surface area contributed by atoms with Crippen molar-refractivity contribution in [3.8, 4) is 5.75 Å². The molecular weight excluding hydrogens is 1170 g/mol. The molecule has 0 saturated heterocycles. The lowest BCUT2D eigenvalue weighted by molar-refractivity contribution is -0.135. The van der Waals surface area contributed by atoms with Crippen molar-refractivity contribution >= 4 is 82.7 Å². The number of imidazole rings is 1. The molecule has 2 aliphatic heterocycles. The molecule has 482 valence electrons. The number of aliphatic hydroxyl groups is 1. The van der Waals surface area contributed by atoms with Gasteiger partial charge in [0, 0.05) is 54.5 Å². The van der Waals surface area contributed by atoms with Crippen LogP contribution in [0.25, 0.3) is 0 Å². The molecule has 4 bridgehead atoms. The van der Waals surface area contributed by atoms with Gasteiger partial charge >= 0.3 is 0 Å². The van der Waals surface area contributed by atoms with Crippen LogP contribution in [0.5, 0.6) is 5.75 Å². The molecule has 2 aliphatic rings. The fourth-order valence-electron chi connectivity index (χ4n) is 9.01. The fourth-order valence-corrected chi connectivity index (χ4v) is 9.01. The van der Waals surface area contributed by atoms with Crippen LogP contribution in [-0.4, -0.2) is 198 Å². The number of nitrogens with zero attached hydrogens (tertiary/aromatic N) is 1. The number of primary amides is 1. The van der Waals surface area contributed by atoms with Gasteiger partial charge in [-0.25, -0.2) is 4.98 Å². The Morgan fingerprint density at radius 1 is 0.618 bits per heavy atom. The summed E-state index contributed by atoms with van der Waals surface area (Å²) in [4.78, 5) is 198. The third-order valence-corrected chi connectivity index (χ3v) is 13.9.